The molecule has 142 valence electrons. The summed E-state index contributed by atoms with van der Waals surface area (Å²) in [6.45, 7) is 2.26. The van der Waals surface area contributed by atoms with Crippen LogP contribution in [0.5, 0.6) is 0 Å². The lowest BCUT2D eigenvalue weighted by Gasteiger charge is -2.06. The van der Waals surface area contributed by atoms with E-state index in [-0.39, 0.29) is 15.7 Å². The van der Waals surface area contributed by atoms with Crippen molar-refractivity contribution >= 4 is 20.0 Å². The van der Waals surface area contributed by atoms with Crippen molar-refractivity contribution in [2.75, 3.05) is 5.75 Å². The maximum atomic E-state index is 10.4. The number of hydrogen-bond acceptors (Lipinski definition) is 3. The molecule has 23 heavy (non-hydrogen) atoms. The highest BCUT2D eigenvalue weighted by Crippen LogP contribution is 2.13. The van der Waals surface area contributed by atoms with Gasteiger partial charge in [0.15, 0.2) is 0 Å². The van der Waals surface area contributed by atoms with Crippen LogP contribution in [0, 0.1) is 0 Å². The van der Waals surface area contributed by atoms with E-state index in [1.807, 2.05) is 0 Å². The number of hydrogen-bond donors (Lipinski definition) is 0. The van der Waals surface area contributed by atoms with Crippen molar-refractivity contribution in [3.05, 3.63) is 0 Å². The molecule has 0 saturated heterocycles. The van der Waals surface area contributed by atoms with Gasteiger partial charge in [0.1, 0.15) is 0 Å². The maximum Gasteiger partial charge on any atom is 0.0945 e. The van der Waals surface area contributed by atoms with E-state index >= 15 is 0 Å². The van der Waals surface area contributed by atoms with Crippen molar-refractivity contribution in [2.45, 2.75) is 110 Å². The first kappa shape index (κ1) is 25.6. The molecule has 1 unspecified atom stereocenters. The Balaban J connectivity index is 0. The Morgan fingerprint density at radius 2 is 0.826 bits per heavy atom. The third-order valence-corrected chi connectivity index (χ3v) is 5.04. The van der Waals surface area contributed by atoms with Crippen molar-refractivity contribution < 1.29 is 13.0 Å². The molecule has 0 amide bonds. The summed E-state index contributed by atoms with van der Waals surface area (Å²) in [4.78, 5) is 0. The zero-order chi connectivity index (χ0) is 16.5. The first-order chi connectivity index (χ1) is 10.6. The number of unbranched alkanes of at least 4 members (excludes halogenated alkanes) is 15. The Labute approximate surface area is 148 Å². The van der Waals surface area contributed by atoms with E-state index in [0.717, 1.165) is 12.8 Å². The molecule has 0 N–H and O–H groups in total. The van der Waals surface area contributed by atoms with E-state index in [1.165, 1.54) is 83.5 Å². The molecule has 3 nitrogen and oxygen atoms in total. The van der Waals surface area contributed by atoms with E-state index < -0.39 is 10.1 Å². The van der Waals surface area contributed by atoms with E-state index in [2.05, 4.69) is 6.92 Å². The average Bonchev–Trinajstić information content (AvgIpc) is 2.45. The van der Waals surface area contributed by atoms with Gasteiger partial charge in [-0.2, -0.15) is 0 Å². The zero-order valence-electron chi connectivity index (χ0n) is 15.7. The lowest BCUT2D eigenvalue weighted by Crippen LogP contribution is -2.03. The van der Waals surface area contributed by atoms with Crippen molar-refractivity contribution in [1.29, 1.82) is 0 Å². The van der Waals surface area contributed by atoms with Gasteiger partial charge >= 0.3 is 0 Å². The van der Waals surface area contributed by atoms with Crippen molar-refractivity contribution in [2.24, 2.45) is 0 Å². The van der Waals surface area contributed by atoms with Crippen molar-refractivity contribution in [1.82, 2.24) is 0 Å². The summed E-state index contributed by atoms with van der Waals surface area (Å²) < 4.78 is 31.3. The Morgan fingerprint density at radius 1 is 0.565 bits per heavy atom. The fourth-order valence-corrected chi connectivity index (χ4v) is 3.38. The van der Waals surface area contributed by atoms with E-state index in [9.17, 15) is 13.0 Å². The van der Waals surface area contributed by atoms with Gasteiger partial charge in [-0.15, -0.1) is 0 Å². The van der Waals surface area contributed by atoms with Crippen molar-refractivity contribution in [3.63, 3.8) is 0 Å². The van der Waals surface area contributed by atoms with Crippen LogP contribution < -0.4 is 0 Å². The third kappa shape index (κ3) is 24.7. The first-order valence-electron chi connectivity index (χ1n) is 9.50. The minimum atomic E-state index is -3.99. The van der Waals surface area contributed by atoms with E-state index in [0.29, 0.717) is 6.42 Å². The van der Waals surface area contributed by atoms with Crippen molar-refractivity contribution in [3.8, 4) is 0 Å². The van der Waals surface area contributed by atoms with Crippen LogP contribution in [0.4, 0.5) is 0 Å². The van der Waals surface area contributed by atoms with Gasteiger partial charge in [0, 0.05) is 5.75 Å². The molecule has 0 radical (unpaired) electrons. The molecule has 0 saturated carbocycles. The SMILES string of the molecule is CCCCCCCCCCCCCCCCCCS(=O)(=O)[O-].[PH4+]. The fraction of sp³-hybridized carbons (Fsp3) is 1.00. The summed E-state index contributed by atoms with van der Waals surface area (Å²) in [5.41, 5.74) is 0. The first-order valence-corrected chi connectivity index (χ1v) is 11.1. The Hall–Kier alpha value is 0.340. The fourth-order valence-electron chi connectivity index (χ4n) is 2.83. The molecule has 0 aliphatic rings. The predicted octanol–water partition coefficient (Wildman–Crippen LogP) is 5.58. The summed E-state index contributed by atoms with van der Waals surface area (Å²) in [7, 11) is -3.99. The maximum absolute atomic E-state index is 10.4. The quantitative estimate of drug-likeness (QED) is 0.191. The van der Waals surface area contributed by atoms with Gasteiger partial charge < -0.3 is 4.55 Å². The molecule has 0 aromatic heterocycles. The summed E-state index contributed by atoms with van der Waals surface area (Å²) in [5.74, 6) is -0.189. The smallest absolute Gasteiger partial charge is 0.0945 e. The summed E-state index contributed by atoms with van der Waals surface area (Å²) in [5, 5.41) is 0. The molecule has 0 aromatic rings. The molecule has 0 aliphatic carbocycles. The summed E-state index contributed by atoms with van der Waals surface area (Å²) in [6.07, 6.45) is 20.1. The van der Waals surface area contributed by atoms with Gasteiger partial charge in [0.05, 0.1) is 10.1 Å². The van der Waals surface area contributed by atoms with Crippen LogP contribution >= 0.6 is 9.90 Å². The molecule has 0 bridgehead atoms. The molecule has 0 spiro atoms. The van der Waals surface area contributed by atoms with Crippen LogP contribution in [0.2, 0.25) is 0 Å². The van der Waals surface area contributed by atoms with Gasteiger partial charge in [0.2, 0.25) is 0 Å². The second kappa shape index (κ2) is 18.7. The lowest BCUT2D eigenvalue weighted by atomic mass is 10.0. The van der Waals surface area contributed by atoms with Crippen LogP contribution in [-0.2, 0) is 10.1 Å². The minimum absolute atomic E-state index is 0. The van der Waals surface area contributed by atoms with Crippen LogP contribution in [0.1, 0.15) is 110 Å². The molecule has 5 heteroatoms. The van der Waals surface area contributed by atoms with E-state index in [4.69, 9.17) is 0 Å². The lowest BCUT2D eigenvalue weighted by molar-refractivity contribution is 0.459. The zero-order valence-corrected chi connectivity index (χ0v) is 18.5. The monoisotopic (exact) mass is 368 g/mol. The van der Waals surface area contributed by atoms with Gasteiger partial charge in [-0.3, -0.25) is 0 Å². The van der Waals surface area contributed by atoms with Gasteiger partial charge in [-0.1, -0.05) is 103 Å². The van der Waals surface area contributed by atoms with Crippen LogP contribution in [0.3, 0.4) is 0 Å². The van der Waals surface area contributed by atoms with Gasteiger partial charge in [-0.05, 0) is 16.3 Å². The largest absolute Gasteiger partial charge is 0.748 e. The highest BCUT2D eigenvalue weighted by Gasteiger charge is 1.96. The molecule has 0 rings (SSSR count). The summed E-state index contributed by atoms with van der Waals surface area (Å²) in [6, 6.07) is 0. The van der Waals surface area contributed by atoms with Gasteiger partial charge in [-0.25, -0.2) is 8.42 Å². The summed E-state index contributed by atoms with van der Waals surface area (Å²) >= 11 is 0. The number of rotatable bonds is 17. The highest BCUT2D eigenvalue weighted by molar-refractivity contribution is 7.85. The van der Waals surface area contributed by atoms with E-state index in [1.54, 1.807) is 0 Å². The highest BCUT2D eigenvalue weighted by atomic mass is 32.2. The Morgan fingerprint density at radius 3 is 1.09 bits per heavy atom. The molecule has 0 aromatic carbocycles. The van der Waals surface area contributed by atoms with Crippen LogP contribution in [-0.4, -0.2) is 18.7 Å². The second-order valence-corrected chi connectivity index (χ2v) is 8.09. The van der Waals surface area contributed by atoms with Crippen LogP contribution in [0.25, 0.3) is 0 Å². The molecule has 1 atom stereocenters. The molecular formula is C18H41O3PS. The predicted molar refractivity (Wildman–Crippen MR) is 107 cm³/mol. The Kier molecular flexibility index (Phi) is 20.8. The topological polar surface area (TPSA) is 57.2 Å². The molecule has 0 aliphatic heterocycles. The normalized spacial score (nSPS) is 11.4. The second-order valence-electron chi connectivity index (χ2n) is 6.57. The average molecular weight is 369 g/mol. The standard InChI is InChI=1S/C18H38O3S.H3P/c1-2-3-4-5-6-7-8-9-10-11-12-13-14-15-16-17-18-22(19,20)21;/h2-18H2,1H3,(H,19,20,21);1H3. The molecule has 0 heterocycles. The van der Waals surface area contributed by atoms with Gasteiger partial charge in [0.25, 0.3) is 0 Å². The Bertz CT molecular complexity index is 318. The molecule has 0 fully saturated rings. The minimum Gasteiger partial charge on any atom is -0.748 e. The molecular weight excluding hydrogens is 327 g/mol. The third-order valence-electron chi connectivity index (χ3n) is 4.25. The van der Waals surface area contributed by atoms with Crippen LogP contribution in [0.15, 0.2) is 0 Å².